The van der Waals surface area contributed by atoms with Gasteiger partial charge in [0.05, 0.1) is 6.04 Å². The molecule has 88 valence electrons. The molecule has 0 bridgehead atoms. The maximum atomic E-state index is 5.84. The van der Waals surface area contributed by atoms with Crippen molar-refractivity contribution in [2.75, 3.05) is 6.61 Å². The number of aromatic nitrogens is 4. The second-order valence-electron chi connectivity index (χ2n) is 4.13. The van der Waals surface area contributed by atoms with Crippen molar-refractivity contribution in [2.45, 2.75) is 19.0 Å². The minimum atomic E-state index is -0.197. The lowest BCUT2D eigenvalue weighted by molar-refractivity contribution is 0.301. The molecule has 3 rings (SSSR count). The van der Waals surface area contributed by atoms with E-state index in [1.165, 1.54) is 0 Å². The van der Waals surface area contributed by atoms with Crippen LogP contribution in [-0.2, 0) is 0 Å². The zero-order valence-corrected chi connectivity index (χ0v) is 9.45. The van der Waals surface area contributed by atoms with E-state index in [-0.39, 0.29) is 12.1 Å². The highest BCUT2D eigenvalue weighted by atomic mass is 16.5. The van der Waals surface area contributed by atoms with E-state index in [2.05, 4.69) is 15.5 Å². The highest BCUT2D eigenvalue weighted by Gasteiger charge is 2.29. The van der Waals surface area contributed by atoms with Gasteiger partial charge in [-0.05, 0) is 23.4 Å². The second-order valence-corrected chi connectivity index (χ2v) is 4.13. The van der Waals surface area contributed by atoms with Gasteiger partial charge in [0, 0.05) is 5.56 Å². The lowest BCUT2D eigenvalue weighted by Crippen LogP contribution is -2.20. The number of hydrogen-bond acceptors (Lipinski definition) is 5. The number of fused-ring (bicyclic) bond motifs is 1. The summed E-state index contributed by atoms with van der Waals surface area (Å²) in [5.41, 5.74) is 6.94. The van der Waals surface area contributed by atoms with Crippen molar-refractivity contribution in [3.8, 4) is 5.75 Å². The minimum absolute atomic E-state index is 0.0159. The van der Waals surface area contributed by atoms with E-state index in [1.807, 2.05) is 31.2 Å². The van der Waals surface area contributed by atoms with E-state index in [1.54, 1.807) is 4.68 Å². The zero-order chi connectivity index (χ0) is 11.8. The van der Waals surface area contributed by atoms with Crippen LogP contribution in [0.4, 0.5) is 0 Å². The Hall–Kier alpha value is -1.95. The Balaban J connectivity index is 2.04. The number of ether oxygens (including phenoxy) is 1. The third kappa shape index (κ3) is 1.57. The van der Waals surface area contributed by atoms with Crippen LogP contribution in [-0.4, -0.2) is 26.8 Å². The molecule has 2 unspecified atom stereocenters. The molecule has 6 nitrogen and oxygen atoms in total. The molecular weight excluding hydrogens is 218 g/mol. The molecular formula is C11H13N5O. The quantitative estimate of drug-likeness (QED) is 0.822. The molecule has 0 aliphatic carbocycles. The number of hydrogen-bond donors (Lipinski definition) is 1. The predicted molar refractivity (Wildman–Crippen MR) is 60.5 cm³/mol. The molecule has 0 saturated carbocycles. The van der Waals surface area contributed by atoms with Gasteiger partial charge in [-0.2, -0.15) is 0 Å². The first-order valence-electron chi connectivity index (χ1n) is 5.52. The van der Waals surface area contributed by atoms with Gasteiger partial charge in [-0.25, -0.2) is 4.68 Å². The maximum absolute atomic E-state index is 5.84. The van der Waals surface area contributed by atoms with Gasteiger partial charge >= 0.3 is 0 Å². The van der Waals surface area contributed by atoms with E-state index in [0.717, 1.165) is 11.3 Å². The number of benzene rings is 1. The van der Waals surface area contributed by atoms with Crippen LogP contribution in [0, 0.1) is 0 Å². The molecule has 0 radical (unpaired) electrons. The summed E-state index contributed by atoms with van der Waals surface area (Å²) in [6.45, 7) is 2.41. The number of para-hydroxylation sites is 1. The molecule has 17 heavy (non-hydrogen) atoms. The second kappa shape index (κ2) is 3.81. The van der Waals surface area contributed by atoms with Crippen LogP contribution in [0.25, 0.3) is 0 Å². The highest BCUT2D eigenvalue weighted by Crippen LogP contribution is 2.34. The Morgan fingerprint density at radius 3 is 3.12 bits per heavy atom. The smallest absolute Gasteiger partial charge is 0.168 e. The summed E-state index contributed by atoms with van der Waals surface area (Å²) < 4.78 is 7.36. The highest BCUT2D eigenvalue weighted by molar-refractivity contribution is 5.39. The largest absolute Gasteiger partial charge is 0.491 e. The summed E-state index contributed by atoms with van der Waals surface area (Å²) in [7, 11) is 0. The zero-order valence-electron chi connectivity index (χ0n) is 9.45. The SMILES string of the molecule is CC(N)c1nnnn1C1COc2ccccc21. The van der Waals surface area contributed by atoms with Crippen LogP contribution in [0.5, 0.6) is 5.75 Å². The van der Waals surface area contributed by atoms with Crippen LogP contribution in [0.1, 0.15) is 30.4 Å². The van der Waals surface area contributed by atoms with Gasteiger partial charge in [0.2, 0.25) is 0 Å². The van der Waals surface area contributed by atoms with Gasteiger partial charge in [0.15, 0.2) is 5.82 Å². The maximum Gasteiger partial charge on any atom is 0.168 e. The Kier molecular flexibility index (Phi) is 2.29. The van der Waals surface area contributed by atoms with Gasteiger partial charge in [0.25, 0.3) is 0 Å². The van der Waals surface area contributed by atoms with Crippen molar-refractivity contribution in [1.82, 2.24) is 20.2 Å². The average molecular weight is 231 g/mol. The molecule has 2 N–H and O–H groups in total. The van der Waals surface area contributed by atoms with E-state index < -0.39 is 0 Å². The standard InChI is InChI=1S/C11H13N5O/c1-7(12)11-13-14-15-16(11)9-6-17-10-5-3-2-4-8(9)10/h2-5,7,9H,6,12H2,1H3. The molecule has 0 fully saturated rings. The van der Waals surface area contributed by atoms with E-state index in [0.29, 0.717) is 12.4 Å². The number of rotatable bonds is 2. The third-order valence-corrected chi connectivity index (χ3v) is 2.90. The third-order valence-electron chi connectivity index (χ3n) is 2.90. The molecule has 1 aromatic heterocycles. The van der Waals surface area contributed by atoms with Crippen LogP contribution < -0.4 is 10.5 Å². The fourth-order valence-corrected chi connectivity index (χ4v) is 2.07. The first-order chi connectivity index (χ1) is 8.27. The van der Waals surface area contributed by atoms with Crippen molar-refractivity contribution < 1.29 is 4.74 Å². The van der Waals surface area contributed by atoms with Crippen molar-refractivity contribution in [2.24, 2.45) is 5.73 Å². The van der Waals surface area contributed by atoms with Gasteiger partial charge in [-0.15, -0.1) is 5.10 Å². The van der Waals surface area contributed by atoms with Gasteiger partial charge in [-0.3, -0.25) is 0 Å². The lowest BCUT2D eigenvalue weighted by Gasteiger charge is -2.12. The van der Waals surface area contributed by atoms with Crippen molar-refractivity contribution in [1.29, 1.82) is 0 Å². The topological polar surface area (TPSA) is 78.9 Å². The van der Waals surface area contributed by atoms with Crippen LogP contribution in [0.3, 0.4) is 0 Å². The minimum Gasteiger partial charge on any atom is -0.491 e. The van der Waals surface area contributed by atoms with Crippen LogP contribution >= 0.6 is 0 Å². The van der Waals surface area contributed by atoms with Crippen molar-refractivity contribution in [3.05, 3.63) is 35.7 Å². The van der Waals surface area contributed by atoms with Crippen LogP contribution in [0.2, 0.25) is 0 Å². The fraction of sp³-hybridized carbons (Fsp3) is 0.364. The van der Waals surface area contributed by atoms with Gasteiger partial charge in [-0.1, -0.05) is 18.2 Å². The molecule has 2 atom stereocenters. The number of nitrogens with zero attached hydrogens (tertiary/aromatic N) is 4. The van der Waals surface area contributed by atoms with E-state index >= 15 is 0 Å². The molecule has 2 aromatic rings. The van der Waals surface area contributed by atoms with Crippen LogP contribution in [0.15, 0.2) is 24.3 Å². The summed E-state index contributed by atoms with van der Waals surface area (Å²) in [5.74, 6) is 1.57. The summed E-state index contributed by atoms with van der Waals surface area (Å²) in [6, 6.07) is 7.73. The Labute approximate surface area is 98.4 Å². The van der Waals surface area contributed by atoms with Crippen molar-refractivity contribution >= 4 is 0 Å². The Bertz CT molecular complexity index is 536. The molecule has 0 amide bonds. The molecule has 1 aliphatic rings. The summed E-state index contributed by atoms with van der Waals surface area (Å²) in [6.07, 6.45) is 0. The first kappa shape index (κ1) is 10.2. The lowest BCUT2D eigenvalue weighted by atomic mass is 10.1. The van der Waals surface area contributed by atoms with Crippen molar-refractivity contribution in [3.63, 3.8) is 0 Å². The van der Waals surface area contributed by atoms with Gasteiger partial charge < -0.3 is 10.5 Å². The summed E-state index contributed by atoms with van der Waals surface area (Å²) in [4.78, 5) is 0. The average Bonchev–Trinajstić information content (AvgIpc) is 2.94. The summed E-state index contributed by atoms with van der Waals surface area (Å²) in [5, 5.41) is 11.7. The number of nitrogens with two attached hydrogens (primary N) is 1. The molecule has 0 spiro atoms. The fourth-order valence-electron chi connectivity index (χ4n) is 2.07. The monoisotopic (exact) mass is 231 g/mol. The normalized spacial score (nSPS) is 19.8. The van der Waals surface area contributed by atoms with E-state index in [4.69, 9.17) is 10.5 Å². The van der Waals surface area contributed by atoms with Gasteiger partial charge in [0.1, 0.15) is 18.4 Å². The molecule has 2 heterocycles. The summed E-state index contributed by atoms with van der Waals surface area (Å²) >= 11 is 0. The predicted octanol–water partition coefficient (Wildman–Crippen LogP) is 0.675. The first-order valence-corrected chi connectivity index (χ1v) is 5.52. The molecule has 0 saturated heterocycles. The van der Waals surface area contributed by atoms with E-state index in [9.17, 15) is 0 Å². The Morgan fingerprint density at radius 1 is 1.47 bits per heavy atom. The Morgan fingerprint density at radius 2 is 2.29 bits per heavy atom. The molecule has 6 heteroatoms. The molecule has 1 aliphatic heterocycles. The molecule has 1 aromatic carbocycles. The number of tetrazole rings is 1.